The van der Waals surface area contributed by atoms with Crippen LogP contribution in [0.4, 0.5) is 0 Å². The Bertz CT molecular complexity index is 404. The predicted molar refractivity (Wildman–Crippen MR) is 69.4 cm³/mol. The van der Waals surface area contributed by atoms with Gasteiger partial charge >= 0.3 is 0 Å². The lowest BCUT2D eigenvalue weighted by molar-refractivity contribution is 0.0665. The number of nitrogens with zero attached hydrogens (tertiary/aromatic N) is 1. The molecular weight excluding hydrogens is 238 g/mol. The molecule has 0 fully saturated rings. The Labute approximate surface area is 107 Å². The number of aliphatic hydroxyl groups excluding tert-OH is 1. The normalized spacial score (nSPS) is 10.7. The number of hydrogen-bond acceptors (Lipinski definition) is 2. The molecule has 0 saturated carbocycles. The summed E-state index contributed by atoms with van der Waals surface area (Å²) in [6.45, 7) is 5.97. The van der Waals surface area contributed by atoms with Gasteiger partial charge in [-0.25, -0.2) is 0 Å². The molecule has 0 aliphatic heterocycles. The number of benzene rings is 1. The third-order valence-electron chi connectivity index (χ3n) is 2.65. The van der Waals surface area contributed by atoms with E-state index in [1.54, 1.807) is 11.0 Å². The molecule has 1 aromatic carbocycles. The van der Waals surface area contributed by atoms with Crippen LogP contribution in [-0.2, 0) is 0 Å². The fourth-order valence-electron chi connectivity index (χ4n) is 1.67. The Morgan fingerprint density at radius 3 is 2.65 bits per heavy atom. The largest absolute Gasteiger partial charge is 0.395 e. The topological polar surface area (TPSA) is 40.5 Å². The number of amides is 1. The average Bonchev–Trinajstić information content (AvgIpc) is 2.28. The van der Waals surface area contributed by atoms with Gasteiger partial charge in [-0.2, -0.15) is 0 Å². The molecule has 0 unspecified atom stereocenters. The van der Waals surface area contributed by atoms with E-state index in [2.05, 4.69) is 0 Å². The smallest absolute Gasteiger partial charge is 0.255 e. The van der Waals surface area contributed by atoms with Gasteiger partial charge in [0.05, 0.1) is 17.2 Å². The summed E-state index contributed by atoms with van der Waals surface area (Å²) in [5, 5.41) is 9.47. The van der Waals surface area contributed by atoms with E-state index in [4.69, 9.17) is 16.7 Å². The minimum Gasteiger partial charge on any atom is -0.395 e. The molecule has 0 aliphatic carbocycles. The molecule has 0 aliphatic rings. The summed E-state index contributed by atoms with van der Waals surface area (Å²) in [5.41, 5.74) is 1.37. The summed E-state index contributed by atoms with van der Waals surface area (Å²) < 4.78 is 0. The lowest BCUT2D eigenvalue weighted by Gasteiger charge is -2.26. The Morgan fingerprint density at radius 2 is 2.12 bits per heavy atom. The van der Waals surface area contributed by atoms with Crippen LogP contribution in [0.3, 0.4) is 0 Å². The number of carbonyl (C=O) groups is 1. The highest BCUT2D eigenvalue weighted by atomic mass is 35.5. The first-order chi connectivity index (χ1) is 7.99. The third kappa shape index (κ3) is 3.20. The molecule has 3 nitrogen and oxygen atoms in total. The first-order valence-corrected chi connectivity index (χ1v) is 6.03. The molecular formula is C13H18ClNO2. The molecule has 17 heavy (non-hydrogen) atoms. The maximum atomic E-state index is 12.3. The van der Waals surface area contributed by atoms with Gasteiger partial charge in [0.15, 0.2) is 0 Å². The van der Waals surface area contributed by atoms with Crippen LogP contribution < -0.4 is 0 Å². The second-order valence-corrected chi connectivity index (χ2v) is 4.63. The second kappa shape index (κ2) is 6.03. The lowest BCUT2D eigenvalue weighted by atomic mass is 10.1. The maximum Gasteiger partial charge on any atom is 0.255 e. The zero-order valence-electron chi connectivity index (χ0n) is 10.4. The molecule has 0 heterocycles. The summed E-state index contributed by atoms with van der Waals surface area (Å²) in [4.78, 5) is 13.9. The number of aryl methyl sites for hydroxylation is 1. The standard InChI is InChI=1S/C13H18ClNO2/c1-9(2)15(7-8-16)13(17)11-6-4-5-10(3)12(11)14/h4-6,9,16H,7-8H2,1-3H3. The van der Waals surface area contributed by atoms with Crippen LogP contribution in [0.5, 0.6) is 0 Å². The maximum absolute atomic E-state index is 12.3. The van der Waals surface area contributed by atoms with Crippen LogP contribution in [0.1, 0.15) is 29.8 Å². The molecule has 94 valence electrons. The minimum absolute atomic E-state index is 0.0335. The SMILES string of the molecule is Cc1cccc(C(=O)N(CCO)C(C)C)c1Cl. The summed E-state index contributed by atoms with van der Waals surface area (Å²) in [6.07, 6.45) is 0. The molecule has 1 aromatic rings. The number of aliphatic hydroxyl groups is 1. The van der Waals surface area contributed by atoms with Gasteiger partial charge in [0, 0.05) is 12.6 Å². The zero-order chi connectivity index (χ0) is 13.0. The van der Waals surface area contributed by atoms with Crippen molar-refractivity contribution in [2.24, 2.45) is 0 Å². The molecule has 0 spiro atoms. The van der Waals surface area contributed by atoms with Gasteiger partial charge in [-0.1, -0.05) is 23.7 Å². The summed E-state index contributed by atoms with van der Waals surface area (Å²) in [7, 11) is 0. The van der Waals surface area contributed by atoms with E-state index in [1.165, 1.54) is 0 Å². The van der Waals surface area contributed by atoms with Crippen LogP contribution >= 0.6 is 11.6 Å². The Morgan fingerprint density at radius 1 is 1.47 bits per heavy atom. The minimum atomic E-state index is -0.136. The van der Waals surface area contributed by atoms with Crippen LogP contribution in [0, 0.1) is 6.92 Å². The van der Waals surface area contributed by atoms with Crippen LogP contribution in [0.2, 0.25) is 5.02 Å². The first-order valence-electron chi connectivity index (χ1n) is 5.66. The van der Waals surface area contributed by atoms with Crippen LogP contribution in [0.15, 0.2) is 18.2 Å². The summed E-state index contributed by atoms with van der Waals surface area (Å²) >= 11 is 6.13. The van der Waals surface area contributed by atoms with E-state index in [0.29, 0.717) is 17.1 Å². The fourth-order valence-corrected chi connectivity index (χ4v) is 1.88. The molecule has 0 atom stereocenters. The predicted octanol–water partition coefficient (Wildman–Crippen LogP) is 2.49. The second-order valence-electron chi connectivity index (χ2n) is 4.25. The third-order valence-corrected chi connectivity index (χ3v) is 3.15. The first kappa shape index (κ1) is 14.0. The van der Waals surface area contributed by atoms with Gasteiger partial charge in [0.25, 0.3) is 5.91 Å². The Hall–Kier alpha value is -1.06. The van der Waals surface area contributed by atoms with Gasteiger partial charge in [-0.15, -0.1) is 0 Å². The van der Waals surface area contributed by atoms with E-state index >= 15 is 0 Å². The molecule has 0 radical (unpaired) electrons. The fraction of sp³-hybridized carbons (Fsp3) is 0.462. The summed E-state index contributed by atoms with van der Waals surface area (Å²) in [5.74, 6) is -0.136. The van der Waals surface area contributed by atoms with Crippen molar-refractivity contribution < 1.29 is 9.90 Å². The van der Waals surface area contributed by atoms with Crippen molar-refractivity contribution in [1.29, 1.82) is 0 Å². The van der Waals surface area contributed by atoms with Crippen molar-refractivity contribution in [1.82, 2.24) is 4.90 Å². The molecule has 0 aromatic heterocycles. The Balaban J connectivity index is 3.05. The highest BCUT2D eigenvalue weighted by Gasteiger charge is 2.20. The Kier molecular flexibility index (Phi) is 4.97. The van der Waals surface area contributed by atoms with Crippen molar-refractivity contribution in [2.45, 2.75) is 26.8 Å². The zero-order valence-corrected chi connectivity index (χ0v) is 11.2. The highest BCUT2D eigenvalue weighted by Crippen LogP contribution is 2.22. The summed E-state index contributed by atoms with van der Waals surface area (Å²) in [6, 6.07) is 5.42. The van der Waals surface area contributed by atoms with Crippen molar-refractivity contribution in [3.8, 4) is 0 Å². The number of rotatable bonds is 4. The average molecular weight is 256 g/mol. The van der Waals surface area contributed by atoms with E-state index in [1.807, 2.05) is 32.9 Å². The van der Waals surface area contributed by atoms with Gasteiger partial charge in [-0.05, 0) is 32.4 Å². The van der Waals surface area contributed by atoms with Crippen molar-refractivity contribution >= 4 is 17.5 Å². The van der Waals surface area contributed by atoms with Crippen LogP contribution in [-0.4, -0.2) is 35.1 Å². The van der Waals surface area contributed by atoms with Gasteiger partial charge in [-0.3, -0.25) is 4.79 Å². The van der Waals surface area contributed by atoms with E-state index < -0.39 is 0 Å². The van der Waals surface area contributed by atoms with Gasteiger partial charge in [0.2, 0.25) is 0 Å². The molecule has 1 N–H and O–H groups in total. The highest BCUT2D eigenvalue weighted by molar-refractivity contribution is 6.34. The van der Waals surface area contributed by atoms with Crippen molar-refractivity contribution in [3.63, 3.8) is 0 Å². The van der Waals surface area contributed by atoms with E-state index in [9.17, 15) is 4.79 Å². The van der Waals surface area contributed by atoms with E-state index in [-0.39, 0.29) is 18.6 Å². The molecule has 1 rings (SSSR count). The van der Waals surface area contributed by atoms with Crippen LogP contribution in [0.25, 0.3) is 0 Å². The molecule has 1 amide bonds. The van der Waals surface area contributed by atoms with Gasteiger partial charge in [0.1, 0.15) is 0 Å². The number of hydrogen-bond donors (Lipinski definition) is 1. The van der Waals surface area contributed by atoms with Crippen molar-refractivity contribution in [2.75, 3.05) is 13.2 Å². The monoisotopic (exact) mass is 255 g/mol. The number of carbonyl (C=O) groups excluding carboxylic acids is 1. The van der Waals surface area contributed by atoms with Crippen molar-refractivity contribution in [3.05, 3.63) is 34.3 Å². The molecule has 4 heteroatoms. The number of halogens is 1. The molecule has 0 bridgehead atoms. The molecule has 0 saturated heterocycles. The van der Waals surface area contributed by atoms with Gasteiger partial charge < -0.3 is 10.0 Å². The quantitative estimate of drug-likeness (QED) is 0.898. The lowest BCUT2D eigenvalue weighted by Crippen LogP contribution is -2.39. The van der Waals surface area contributed by atoms with E-state index in [0.717, 1.165) is 5.56 Å².